The summed E-state index contributed by atoms with van der Waals surface area (Å²) in [5.74, 6) is -0.962. The molecule has 1 aromatic heterocycles. The molecule has 4 rings (SSSR count). The molecule has 0 aliphatic carbocycles. The first kappa shape index (κ1) is 19.2. The fraction of sp³-hybridized carbons (Fsp3) is 0.238. The van der Waals surface area contributed by atoms with E-state index in [1.54, 1.807) is 5.32 Å². The Kier molecular flexibility index (Phi) is 4.87. The van der Waals surface area contributed by atoms with Gasteiger partial charge in [-0.15, -0.1) is 0 Å². The van der Waals surface area contributed by atoms with Crippen LogP contribution in [0.5, 0.6) is 0 Å². The Hall–Kier alpha value is -3.13. The van der Waals surface area contributed by atoms with Crippen LogP contribution in [0.2, 0.25) is 0 Å². The Labute approximate surface area is 164 Å². The van der Waals surface area contributed by atoms with Gasteiger partial charge in [-0.2, -0.15) is 13.2 Å². The van der Waals surface area contributed by atoms with Gasteiger partial charge in [0, 0.05) is 23.5 Å². The van der Waals surface area contributed by atoms with Gasteiger partial charge in [0.2, 0.25) is 5.91 Å². The number of hydrogen-bond donors (Lipinski definition) is 2. The minimum atomic E-state index is -4.54. The van der Waals surface area contributed by atoms with Crippen molar-refractivity contribution in [2.45, 2.75) is 25.1 Å². The molecule has 2 heterocycles. The van der Waals surface area contributed by atoms with Gasteiger partial charge in [0.05, 0.1) is 24.2 Å². The molecule has 5 nitrogen and oxygen atoms in total. The van der Waals surface area contributed by atoms with Crippen molar-refractivity contribution in [3.05, 3.63) is 65.9 Å². The van der Waals surface area contributed by atoms with Crippen molar-refractivity contribution in [2.75, 3.05) is 11.4 Å². The minimum absolute atomic E-state index is 0.0248. The number of fused-ring (bicyclic) bond motifs is 1. The van der Waals surface area contributed by atoms with Gasteiger partial charge in [0.25, 0.3) is 5.91 Å². The van der Waals surface area contributed by atoms with Crippen molar-refractivity contribution in [1.29, 1.82) is 0 Å². The monoisotopic (exact) mass is 402 g/mol. The molecule has 0 saturated carbocycles. The maximum atomic E-state index is 12.9. The predicted molar refractivity (Wildman–Crippen MR) is 101 cm³/mol. The number of aromatic nitrogens is 1. The lowest BCUT2D eigenvalue weighted by Gasteiger charge is -2.16. The summed E-state index contributed by atoms with van der Waals surface area (Å²) < 4.78 is 38.8. The van der Waals surface area contributed by atoms with Crippen molar-refractivity contribution < 1.29 is 28.1 Å². The van der Waals surface area contributed by atoms with Gasteiger partial charge in [-0.25, -0.2) is 4.90 Å². The maximum Gasteiger partial charge on any atom is 0.416 e. The number of rotatable bonds is 5. The zero-order valence-electron chi connectivity index (χ0n) is 15.4. The number of hydrogen-bond acceptors (Lipinski definition) is 2. The smallest absolute Gasteiger partial charge is 0.361 e. The fourth-order valence-electron chi connectivity index (χ4n) is 3.71. The van der Waals surface area contributed by atoms with E-state index in [9.17, 15) is 22.8 Å². The zero-order chi connectivity index (χ0) is 20.6. The number of amides is 2. The number of halogens is 3. The molecule has 0 radical (unpaired) electrons. The van der Waals surface area contributed by atoms with Crippen LogP contribution in [0.1, 0.15) is 17.5 Å². The lowest BCUT2D eigenvalue weighted by atomic mass is 10.1. The molecule has 3 N–H and O–H groups in total. The number of carbonyl (C=O) groups excluding carboxylic acids is 2. The molecule has 2 amide bonds. The third-order valence-corrected chi connectivity index (χ3v) is 5.15. The lowest BCUT2D eigenvalue weighted by Crippen LogP contribution is -2.92. The van der Waals surface area contributed by atoms with Gasteiger partial charge >= 0.3 is 6.18 Å². The maximum absolute atomic E-state index is 12.9. The molecule has 3 aromatic rings. The van der Waals surface area contributed by atoms with Gasteiger partial charge in [-0.05, 0) is 29.8 Å². The predicted octanol–water partition coefficient (Wildman–Crippen LogP) is 2.62. The molecule has 150 valence electrons. The number of H-pyrrole nitrogens is 1. The molecule has 1 aliphatic rings. The third kappa shape index (κ3) is 3.75. The normalized spacial score (nSPS) is 17.5. The average molecular weight is 402 g/mol. The quantitative estimate of drug-likeness (QED) is 0.645. The Morgan fingerprint density at radius 2 is 1.90 bits per heavy atom. The highest BCUT2D eigenvalue weighted by Crippen LogP contribution is 2.32. The summed E-state index contributed by atoms with van der Waals surface area (Å²) in [4.78, 5) is 29.0. The molecule has 8 heteroatoms. The molecule has 2 aromatic carbocycles. The van der Waals surface area contributed by atoms with Gasteiger partial charge in [0.1, 0.15) is 0 Å². The van der Waals surface area contributed by atoms with E-state index < -0.39 is 29.6 Å². The molecule has 1 aliphatic heterocycles. The van der Waals surface area contributed by atoms with E-state index in [2.05, 4.69) is 4.98 Å². The fourth-order valence-corrected chi connectivity index (χ4v) is 3.71. The number of nitrogens with two attached hydrogens (primary N) is 1. The summed E-state index contributed by atoms with van der Waals surface area (Å²) in [6.07, 6.45) is -1.93. The van der Waals surface area contributed by atoms with Crippen LogP contribution >= 0.6 is 0 Å². The van der Waals surface area contributed by atoms with Crippen molar-refractivity contribution in [1.82, 2.24) is 4.98 Å². The van der Waals surface area contributed by atoms with E-state index in [0.717, 1.165) is 33.5 Å². The number of benzene rings is 2. The zero-order valence-corrected chi connectivity index (χ0v) is 15.4. The first-order valence-electron chi connectivity index (χ1n) is 9.27. The highest BCUT2D eigenvalue weighted by Gasteiger charge is 2.42. The average Bonchev–Trinajstić information content (AvgIpc) is 3.22. The topological polar surface area (TPSA) is 69.8 Å². The summed E-state index contributed by atoms with van der Waals surface area (Å²) in [6.45, 7) is 0.585. The van der Waals surface area contributed by atoms with Crippen molar-refractivity contribution in [2.24, 2.45) is 0 Å². The van der Waals surface area contributed by atoms with Crippen LogP contribution < -0.4 is 10.2 Å². The standard InChI is InChI=1S/C21H18F3N3O2/c22-21(23,24)14-4-3-5-15(10-14)27-19(28)11-18(20(27)29)25-9-8-13-12-26-17-7-2-1-6-16(13)17/h1-7,10,12,18,25-26H,8-9,11H2/p+1/t18-/m1/s1. The van der Waals surface area contributed by atoms with Crippen LogP contribution in [-0.4, -0.2) is 29.4 Å². The molecule has 1 saturated heterocycles. The largest absolute Gasteiger partial charge is 0.416 e. The van der Waals surface area contributed by atoms with Gasteiger partial charge < -0.3 is 10.3 Å². The molecule has 0 bridgehead atoms. The Morgan fingerprint density at radius 1 is 1.10 bits per heavy atom. The van der Waals surface area contributed by atoms with E-state index >= 15 is 0 Å². The summed E-state index contributed by atoms with van der Waals surface area (Å²) in [5, 5.41) is 2.90. The highest BCUT2D eigenvalue weighted by molar-refractivity contribution is 6.21. The van der Waals surface area contributed by atoms with E-state index in [1.165, 1.54) is 12.1 Å². The first-order chi connectivity index (χ1) is 13.8. The number of imide groups is 1. The van der Waals surface area contributed by atoms with Crippen LogP contribution in [-0.2, 0) is 22.2 Å². The number of para-hydroxylation sites is 1. The number of quaternary nitrogens is 1. The van der Waals surface area contributed by atoms with Gasteiger partial charge in [0.15, 0.2) is 6.04 Å². The van der Waals surface area contributed by atoms with Crippen LogP contribution in [0.15, 0.2) is 54.7 Å². The molecule has 1 atom stereocenters. The number of carbonyl (C=O) groups is 2. The second-order valence-corrected chi connectivity index (χ2v) is 7.06. The summed E-state index contributed by atoms with van der Waals surface area (Å²) in [6, 6.07) is 11.6. The van der Waals surface area contributed by atoms with Gasteiger partial charge in [-0.3, -0.25) is 9.59 Å². The van der Waals surface area contributed by atoms with Crippen LogP contribution in [0, 0.1) is 0 Å². The van der Waals surface area contributed by atoms with Crippen molar-refractivity contribution in [3.8, 4) is 0 Å². The van der Waals surface area contributed by atoms with E-state index in [4.69, 9.17) is 0 Å². The van der Waals surface area contributed by atoms with Gasteiger partial charge in [-0.1, -0.05) is 24.3 Å². The number of anilines is 1. The minimum Gasteiger partial charge on any atom is -0.361 e. The van der Waals surface area contributed by atoms with Crippen molar-refractivity contribution in [3.63, 3.8) is 0 Å². The number of aromatic amines is 1. The highest BCUT2D eigenvalue weighted by atomic mass is 19.4. The van der Waals surface area contributed by atoms with Crippen LogP contribution in [0.4, 0.5) is 18.9 Å². The molecule has 29 heavy (non-hydrogen) atoms. The SMILES string of the molecule is O=C1C[C@@H]([NH2+]CCc2c[nH]c3ccccc23)C(=O)N1c1cccc(C(F)(F)F)c1. The number of alkyl halides is 3. The number of nitrogens with zero attached hydrogens (tertiary/aromatic N) is 1. The summed E-state index contributed by atoms with van der Waals surface area (Å²) in [5.41, 5.74) is 1.22. The Balaban J connectivity index is 1.43. The summed E-state index contributed by atoms with van der Waals surface area (Å²) >= 11 is 0. The van der Waals surface area contributed by atoms with E-state index in [0.29, 0.717) is 13.0 Å². The van der Waals surface area contributed by atoms with E-state index in [1.807, 2.05) is 30.5 Å². The van der Waals surface area contributed by atoms with Crippen LogP contribution in [0.25, 0.3) is 10.9 Å². The molecular formula is C21H19F3N3O2+. The second-order valence-electron chi connectivity index (χ2n) is 7.06. The Bertz CT molecular complexity index is 1070. The third-order valence-electron chi connectivity index (χ3n) is 5.15. The summed E-state index contributed by atoms with van der Waals surface area (Å²) in [7, 11) is 0. The van der Waals surface area contributed by atoms with Crippen molar-refractivity contribution >= 4 is 28.4 Å². The molecule has 0 spiro atoms. The lowest BCUT2D eigenvalue weighted by molar-refractivity contribution is -0.674. The molecular weight excluding hydrogens is 383 g/mol. The molecule has 0 unspecified atom stereocenters. The second kappa shape index (κ2) is 7.36. The number of nitrogens with one attached hydrogen (secondary N) is 1. The first-order valence-corrected chi connectivity index (χ1v) is 9.27. The Morgan fingerprint density at radius 3 is 2.69 bits per heavy atom. The molecule has 1 fully saturated rings. The van der Waals surface area contributed by atoms with E-state index in [-0.39, 0.29) is 12.1 Å². The van der Waals surface area contributed by atoms with Crippen LogP contribution in [0.3, 0.4) is 0 Å².